The predicted octanol–water partition coefficient (Wildman–Crippen LogP) is 6.37. The van der Waals surface area contributed by atoms with E-state index >= 15 is 0 Å². The maximum atomic E-state index is 13.1. The van der Waals surface area contributed by atoms with Crippen molar-refractivity contribution in [3.05, 3.63) is 71.3 Å². The van der Waals surface area contributed by atoms with Gasteiger partial charge >= 0.3 is 0 Å². The Morgan fingerprint density at radius 2 is 0.948 bits per heavy atom. The fourth-order valence-electron chi connectivity index (χ4n) is 9.84. The van der Waals surface area contributed by atoms with Gasteiger partial charge in [-0.15, -0.1) is 0 Å². The number of benzene rings is 2. The van der Waals surface area contributed by atoms with Crippen molar-refractivity contribution >= 4 is 33.9 Å². The summed E-state index contributed by atoms with van der Waals surface area (Å²) in [6.45, 7) is 11.9. The molecule has 304 valence electrons. The number of amides is 2. The Balaban J connectivity index is 0.000000177. The molecule has 4 atom stereocenters. The summed E-state index contributed by atoms with van der Waals surface area (Å²) in [6.07, 6.45) is 14.5. The highest BCUT2D eigenvalue weighted by Crippen LogP contribution is 2.36. The molecule has 2 aromatic carbocycles. The highest BCUT2D eigenvalue weighted by molar-refractivity contribution is 5.85. The molecular formula is C46H58N10O2. The van der Waals surface area contributed by atoms with Gasteiger partial charge in [-0.1, -0.05) is 26.0 Å². The summed E-state index contributed by atoms with van der Waals surface area (Å²) in [4.78, 5) is 52.8. The normalized spacial score (nSPS) is 23.8. The first-order chi connectivity index (χ1) is 28.1. The number of nitriles is 2. The van der Waals surface area contributed by atoms with Crippen LogP contribution in [-0.4, -0.2) is 118 Å². The van der Waals surface area contributed by atoms with Gasteiger partial charge in [0.15, 0.2) is 0 Å². The molecule has 4 aliphatic rings. The second kappa shape index (κ2) is 18.7. The number of piperidine rings is 4. The molecular weight excluding hydrogens is 725 g/mol. The zero-order valence-corrected chi connectivity index (χ0v) is 34.7. The molecule has 12 heteroatoms. The van der Waals surface area contributed by atoms with Crippen LogP contribution < -0.4 is 0 Å². The summed E-state index contributed by atoms with van der Waals surface area (Å²) in [7, 11) is 4.31. The fraction of sp³-hybridized carbons (Fsp3) is 0.565. The summed E-state index contributed by atoms with van der Waals surface area (Å²) < 4.78 is 0. The molecule has 4 aliphatic heterocycles. The molecule has 4 fully saturated rings. The average molecular weight is 783 g/mol. The number of carbonyl (C=O) groups is 2. The van der Waals surface area contributed by atoms with Crippen molar-refractivity contribution in [2.45, 2.75) is 77.0 Å². The molecule has 12 nitrogen and oxygen atoms in total. The van der Waals surface area contributed by atoms with Crippen LogP contribution in [0.1, 0.15) is 99.3 Å². The molecule has 6 heterocycles. The van der Waals surface area contributed by atoms with Crippen molar-refractivity contribution in [3.63, 3.8) is 0 Å². The van der Waals surface area contributed by atoms with Crippen LogP contribution in [0.25, 0.3) is 22.1 Å². The second-order valence-corrected chi connectivity index (χ2v) is 17.7. The lowest BCUT2D eigenvalue weighted by molar-refractivity contribution is -0.135. The first kappa shape index (κ1) is 41.1. The standard InChI is InChI=1S/2C23H29N5O/c2*1-16-11-19(20-4-3-18(13-24)22-23(20)26-8-7-25-22)15-28(14-16)21(29)12-17-5-9-27(2)10-6-17/h2*3-4,7-8,16-17,19H,5-6,9-12,14-15H2,1-2H3/t16-,19+;16-,19-/m00/s1. The Morgan fingerprint density at radius 3 is 1.31 bits per heavy atom. The van der Waals surface area contributed by atoms with Crippen molar-refractivity contribution in [3.8, 4) is 12.1 Å². The van der Waals surface area contributed by atoms with E-state index in [1.165, 1.54) is 0 Å². The predicted molar refractivity (Wildman–Crippen MR) is 224 cm³/mol. The first-order valence-electron chi connectivity index (χ1n) is 21.3. The lowest BCUT2D eigenvalue weighted by atomic mass is 9.83. The third-order valence-corrected chi connectivity index (χ3v) is 13.1. The number of hydrogen-bond donors (Lipinski definition) is 0. The molecule has 4 aromatic rings. The minimum atomic E-state index is 0.229. The first-order valence-corrected chi connectivity index (χ1v) is 21.3. The largest absolute Gasteiger partial charge is 0.342 e. The lowest BCUT2D eigenvalue weighted by Crippen LogP contribution is -2.43. The van der Waals surface area contributed by atoms with Gasteiger partial charge in [-0.3, -0.25) is 29.5 Å². The van der Waals surface area contributed by atoms with E-state index in [2.05, 4.69) is 79.6 Å². The molecule has 0 saturated carbocycles. The highest BCUT2D eigenvalue weighted by atomic mass is 16.2. The highest BCUT2D eigenvalue weighted by Gasteiger charge is 2.33. The minimum Gasteiger partial charge on any atom is -0.342 e. The minimum absolute atomic E-state index is 0.229. The molecule has 2 amide bonds. The van der Waals surface area contributed by atoms with Crippen LogP contribution in [0.4, 0.5) is 0 Å². The van der Waals surface area contributed by atoms with Crippen LogP contribution in [-0.2, 0) is 9.59 Å². The van der Waals surface area contributed by atoms with Gasteiger partial charge in [0.2, 0.25) is 11.8 Å². The van der Waals surface area contributed by atoms with Gasteiger partial charge in [0.1, 0.15) is 23.2 Å². The quantitative estimate of drug-likeness (QED) is 0.216. The Morgan fingerprint density at radius 1 is 0.586 bits per heavy atom. The van der Waals surface area contributed by atoms with Crippen molar-refractivity contribution in [1.29, 1.82) is 10.5 Å². The number of aromatic nitrogens is 4. The summed E-state index contributed by atoms with van der Waals surface area (Å²) in [5.41, 5.74) is 6.24. The van der Waals surface area contributed by atoms with Crippen LogP contribution in [0.15, 0.2) is 49.1 Å². The van der Waals surface area contributed by atoms with Crippen molar-refractivity contribution < 1.29 is 9.59 Å². The average Bonchev–Trinajstić information content (AvgIpc) is 3.24. The number of hydrogen-bond acceptors (Lipinski definition) is 10. The molecule has 0 spiro atoms. The molecule has 0 radical (unpaired) electrons. The number of rotatable bonds is 6. The van der Waals surface area contributed by atoms with E-state index in [0.717, 1.165) is 113 Å². The Labute approximate surface area is 343 Å². The van der Waals surface area contributed by atoms with Crippen LogP contribution >= 0.6 is 0 Å². The smallest absolute Gasteiger partial charge is 0.222 e. The van der Waals surface area contributed by atoms with Crippen LogP contribution in [0.2, 0.25) is 0 Å². The van der Waals surface area contributed by atoms with E-state index in [4.69, 9.17) is 0 Å². The molecule has 0 bridgehead atoms. The second-order valence-electron chi connectivity index (χ2n) is 17.7. The number of carbonyl (C=O) groups excluding carboxylic acids is 2. The van der Waals surface area contributed by atoms with Gasteiger partial charge in [-0.05, 0) is 126 Å². The zero-order valence-electron chi connectivity index (χ0n) is 34.7. The monoisotopic (exact) mass is 782 g/mol. The van der Waals surface area contributed by atoms with Gasteiger partial charge in [0.25, 0.3) is 0 Å². The van der Waals surface area contributed by atoms with Crippen LogP contribution in [0.3, 0.4) is 0 Å². The summed E-state index contributed by atoms with van der Waals surface area (Å²) in [5.74, 6) is 2.95. The zero-order chi connectivity index (χ0) is 40.8. The topological polar surface area (TPSA) is 146 Å². The Kier molecular flexibility index (Phi) is 13.3. The number of likely N-dealkylation sites (tertiary alicyclic amines) is 4. The SMILES string of the molecule is C[C@H]1C[C@@H](c2ccc(C#N)c3nccnc23)CN(C(=O)CC2CCN(C)CC2)C1.C[C@H]1C[C@H](c2ccc(C#N)c3nccnc23)CN(C(=O)CC2CCN(C)CC2)C1. The van der Waals surface area contributed by atoms with E-state index in [-0.39, 0.29) is 11.8 Å². The fourth-order valence-corrected chi connectivity index (χ4v) is 9.84. The van der Waals surface area contributed by atoms with E-state index in [9.17, 15) is 20.1 Å². The molecule has 8 rings (SSSR count). The van der Waals surface area contributed by atoms with Gasteiger partial charge < -0.3 is 19.6 Å². The Hall–Kier alpha value is -5.04. The van der Waals surface area contributed by atoms with Crippen molar-refractivity contribution in [2.75, 3.05) is 66.5 Å². The molecule has 0 unspecified atom stereocenters. The molecule has 0 aliphatic carbocycles. The van der Waals surface area contributed by atoms with Crippen molar-refractivity contribution in [1.82, 2.24) is 39.5 Å². The van der Waals surface area contributed by atoms with Crippen LogP contribution in [0.5, 0.6) is 0 Å². The van der Waals surface area contributed by atoms with E-state index in [1.54, 1.807) is 24.8 Å². The molecule has 2 aromatic heterocycles. The van der Waals surface area contributed by atoms with Gasteiger partial charge in [-0.2, -0.15) is 10.5 Å². The van der Waals surface area contributed by atoms with Crippen molar-refractivity contribution in [2.24, 2.45) is 23.7 Å². The summed E-state index contributed by atoms with van der Waals surface area (Å²) in [6, 6.07) is 12.1. The van der Waals surface area contributed by atoms with E-state index < -0.39 is 0 Å². The maximum Gasteiger partial charge on any atom is 0.222 e. The van der Waals surface area contributed by atoms with Gasteiger partial charge in [-0.25, -0.2) is 0 Å². The third-order valence-electron chi connectivity index (χ3n) is 13.1. The maximum absolute atomic E-state index is 13.1. The number of nitrogens with zero attached hydrogens (tertiary/aromatic N) is 10. The Bertz CT molecular complexity index is 2010. The van der Waals surface area contributed by atoms with E-state index in [1.807, 2.05) is 24.3 Å². The number of fused-ring (bicyclic) bond motifs is 2. The summed E-state index contributed by atoms with van der Waals surface area (Å²) in [5, 5.41) is 18.8. The third kappa shape index (κ3) is 9.62. The molecule has 0 N–H and O–H groups in total. The van der Waals surface area contributed by atoms with Crippen LogP contribution in [0, 0.1) is 46.3 Å². The lowest BCUT2D eigenvalue weighted by Gasteiger charge is -2.38. The van der Waals surface area contributed by atoms with Gasteiger partial charge in [0.05, 0.1) is 22.2 Å². The van der Waals surface area contributed by atoms with E-state index in [0.29, 0.717) is 70.5 Å². The van der Waals surface area contributed by atoms with Gasteiger partial charge in [0, 0.05) is 75.6 Å². The summed E-state index contributed by atoms with van der Waals surface area (Å²) >= 11 is 0. The molecule has 58 heavy (non-hydrogen) atoms. The molecule has 4 saturated heterocycles.